The number of hydrogen-bond donors (Lipinski definition) is 2. The summed E-state index contributed by atoms with van der Waals surface area (Å²) in [5.41, 5.74) is 0.661. The molecule has 1 amide bonds. The smallest absolute Gasteiger partial charge is 0.326 e. The third-order valence-electron chi connectivity index (χ3n) is 2.62. The number of halogens is 1. The SMILES string of the molecule is C=C(Br)C[C@@H](NC(=O)[C@@H](OC)c1ccccc1)C(=O)O. The number of rotatable bonds is 7. The number of hydrogen-bond acceptors (Lipinski definition) is 3. The molecule has 0 fully saturated rings. The molecular formula is C14H16BrNO4. The number of methoxy groups -OCH3 is 1. The molecule has 0 spiro atoms. The van der Waals surface area contributed by atoms with Crippen LogP contribution in [0.25, 0.3) is 0 Å². The molecule has 0 aliphatic carbocycles. The largest absolute Gasteiger partial charge is 0.480 e. The van der Waals surface area contributed by atoms with E-state index in [9.17, 15) is 9.59 Å². The molecule has 0 aliphatic rings. The van der Waals surface area contributed by atoms with E-state index in [1.165, 1.54) is 7.11 Å². The van der Waals surface area contributed by atoms with Crippen LogP contribution >= 0.6 is 15.9 Å². The molecule has 0 aliphatic heterocycles. The van der Waals surface area contributed by atoms with Crippen molar-refractivity contribution < 1.29 is 19.4 Å². The molecule has 1 rings (SSSR count). The lowest BCUT2D eigenvalue weighted by atomic mass is 10.1. The topological polar surface area (TPSA) is 75.6 Å². The van der Waals surface area contributed by atoms with Crippen LogP contribution in [0.5, 0.6) is 0 Å². The molecule has 20 heavy (non-hydrogen) atoms. The van der Waals surface area contributed by atoms with Crippen LogP contribution in [0, 0.1) is 0 Å². The van der Waals surface area contributed by atoms with Crippen LogP contribution in [-0.4, -0.2) is 30.1 Å². The van der Waals surface area contributed by atoms with Crippen LogP contribution in [0.15, 0.2) is 41.4 Å². The summed E-state index contributed by atoms with van der Waals surface area (Å²) in [6.07, 6.45) is -0.742. The maximum Gasteiger partial charge on any atom is 0.326 e. The second-order valence-corrected chi connectivity index (χ2v) is 5.27. The standard InChI is InChI=1S/C14H16BrNO4/c1-9(15)8-11(14(18)19)16-13(17)12(20-2)10-6-4-3-5-7-10/h3-7,11-12H,1,8H2,2H3,(H,16,17)(H,18,19)/t11-,12+/m1/s1. The molecule has 108 valence electrons. The molecule has 0 bridgehead atoms. The number of carboxylic acid groups (broad SMARTS) is 1. The van der Waals surface area contributed by atoms with Gasteiger partial charge in [-0.15, -0.1) is 0 Å². The Kier molecular flexibility index (Phi) is 6.41. The summed E-state index contributed by atoms with van der Waals surface area (Å²) in [6, 6.07) is 7.83. The van der Waals surface area contributed by atoms with Crippen molar-refractivity contribution in [1.82, 2.24) is 5.32 Å². The number of carbonyl (C=O) groups excluding carboxylic acids is 1. The molecule has 0 saturated heterocycles. The van der Waals surface area contributed by atoms with E-state index in [4.69, 9.17) is 9.84 Å². The van der Waals surface area contributed by atoms with E-state index < -0.39 is 24.0 Å². The molecule has 0 heterocycles. The first-order valence-electron chi connectivity index (χ1n) is 5.90. The summed E-state index contributed by atoms with van der Waals surface area (Å²) in [6.45, 7) is 3.58. The van der Waals surface area contributed by atoms with Crippen molar-refractivity contribution in [3.63, 3.8) is 0 Å². The zero-order valence-corrected chi connectivity index (χ0v) is 12.6. The van der Waals surface area contributed by atoms with Gasteiger partial charge >= 0.3 is 5.97 Å². The number of nitrogens with one attached hydrogen (secondary N) is 1. The zero-order chi connectivity index (χ0) is 15.1. The molecule has 0 aromatic heterocycles. The highest BCUT2D eigenvalue weighted by atomic mass is 79.9. The van der Waals surface area contributed by atoms with Crippen molar-refractivity contribution in [3.05, 3.63) is 47.0 Å². The highest BCUT2D eigenvalue weighted by Crippen LogP contribution is 2.17. The first-order valence-corrected chi connectivity index (χ1v) is 6.69. The summed E-state index contributed by atoms with van der Waals surface area (Å²) in [5, 5.41) is 11.5. The van der Waals surface area contributed by atoms with Gasteiger partial charge in [0.05, 0.1) is 0 Å². The molecule has 0 radical (unpaired) electrons. The minimum Gasteiger partial charge on any atom is -0.480 e. The number of benzene rings is 1. The van der Waals surface area contributed by atoms with Gasteiger partial charge < -0.3 is 15.2 Å². The van der Waals surface area contributed by atoms with Gasteiger partial charge in [-0.05, 0) is 10.0 Å². The highest BCUT2D eigenvalue weighted by Gasteiger charge is 2.26. The molecule has 2 N–H and O–H groups in total. The van der Waals surface area contributed by atoms with Gasteiger partial charge in [-0.1, -0.05) is 52.8 Å². The van der Waals surface area contributed by atoms with Crippen LogP contribution in [0.2, 0.25) is 0 Å². The van der Waals surface area contributed by atoms with Crippen molar-refractivity contribution in [2.24, 2.45) is 0 Å². The predicted octanol–water partition coefficient (Wildman–Crippen LogP) is 2.24. The van der Waals surface area contributed by atoms with Gasteiger partial charge in [0.25, 0.3) is 5.91 Å². The van der Waals surface area contributed by atoms with E-state index in [-0.39, 0.29) is 6.42 Å². The second kappa shape index (κ2) is 7.81. The maximum absolute atomic E-state index is 12.1. The van der Waals surface area contributed by atoms with Gasteiger partial charge in [-0.2, -0.15) is 0 Å². The van der Waals surface area contributed by atoms with Crippen LogP contribution in [0.1, 0.15) is 18.1 Å². The monoisotopic (exact) mass is 341 g/mol. The van der Waals surface area contributed by atoms with Crippen LogP contribution in [-0.2, 0) is 14.3 Å². The van der Waals surface area contributed by atoms with Crippen LogP contribution in [0.3, 0.4) is 0 Å². The second-order valence-electron chi connectivity index (χ2n) is 4.15. The maximum atomic E-state index is 12.1. The van der Waals surface area contributed by atoms with E-state index in [1.807, 2.05) is 6.07 Å². The van der Waals surface area contributed by atoms with Gasteiger partial charge in [0.1, 0.15) is 6.04 Å². The van der Waals surface area contributed by atoms with Crippen molar-refractivity contribution in [3.8, 4) is 0 Å². The van der Waals surface area contributed by atoms with Crippen molar-refractivity contribution >= 4 is 27.8 Å². The molecule has 0 saturated carbocycles. The number of amides is 1. The molecule has 5 nitrogen and oxygen atoms in total. The summed E-state index contributed by atoms with van der Waals surface area (Å²) < 4.78 is 5.64. The Morgan fingerprint density at radius 1 is 1.40 bits per heavy atom. The summed E-state index contributed by atoms with van der Waals surface area (Å²) in [5.74, 6) is -1.62. The number of ether oxygens (including phenoxy) is 1. The van der Waals surface area contributed by atoms with E-state index in [2.05, 4.69) is 27.8 Å². The average molecular weight is 342 g/mol. The Bertz CT molecular complexity index is 489. The number of carbonyl (C=O) groups is 2. The summed E-state index contributed by atoms with van der Waals surface area (Å²) >= 11 is 3.09. The Labute approximate surface area is 125 Å². The minimum atomic E-state index is -1.12. The Balaban J connectivity index is 2.81. The lowest BCUT2D eigenvalue weighted by Gasteiger charge is -2.19. The highest BCUT2D eigenvalue weighted by molar-refractivity contribution is 9.11. The van der Waals surface area contributed by atoms with E-state index in [0.717, 1.165) is 0 Å². The normalized spacial score (nSPS) is 13.3. The quantitative estimate of drug-likeness (QED) is 0.797. The average Bonchev–Trinajstić information content (AvgIpc) is 2.39. The molecule has 0 unspecified atom stereocenters. The van der Waals surface area contributed by atoms with Gasteiger partial charge in [0.2, 0.25) is 0 Å². The Morgan fingerprint density at radius 2 is 2.00 bits per heavy atom. The van der Waals surface area contributed by atoms with E-state index >= 15 is 0 Å². The molecule has 1 aromatic carbocycles. The first-order chi connectivity index (χ1) is 9.45. The van der Waals surface area contributed by atoms with Crippen molar-refractivity contribution in [1.29, 1.82) is 0 Å². The van der Waals surface area contributed by atoms with E-state index in [1.54, 1.807) is 24.3 Å². The number of carboxylic acids is 1. The lowest BCUT2D eigenvalue weighted by Crippen LogP contribution is -2.43. The Morgan fingerprint density at radius 3 is 2.45 bits per heavy atom. The third kappa shape index (κ3) is 4.79. The Hall–Kier alpha value is -1.66. The summed E-state index contributed by atoms with van der Waals surface area (Å²) in [4.78, 5) is 23.2. The predicted molar refractivity (Wildman–Crippen MR) is 78.4 cm³/mol. The zero-order valence-electron chi connectivity index (χ0n) is 11.0. The first kappa shape index (κ1) is 16.4. The number of aliphatic carboxylic acids is 1. The van der Waals surface area contributed by atoms with Crippen molar-refractivity contribution in [2.45, 2.75) is 18.6 Å². The fraction of sp³-hybridized carbons (Fsp3) is 0.286. The van der Waals surface area contributed by atoms with Crippen LogP contribution < -0.4 is 5.32 Å². The molecule has 2 atom stereocenters. The lowest BCUT2D eigenvalue weighted by molar-refractivity contribution is -0.144. The van der Waals surface area contributed by atoms with Gasteiger partial charge in [-0.25, -0.2) is 4.79 Å². The minimum absolute atomic E-state index is 0.103. The summed E-state index contributed by atoms with van der Waals surface area (Å²) in [7, 11) is 1.40. The molecule has 6 heteroatoms. The van der Waals surface area contributed by atoms with E-state index in [0.29, 0.717) is 10.0 Å². The van der Waals surface area contributed by atoms with Crippen LogP contribution in [0.4, 0.5) is 0 Å². The molecular weight excluding hydrogens is 326 g/mol. The van der Waals surface area contributed by atoms with Gasteiger partial charge in [0.15, 0.2) is 6.10 Å². The fourth-order valence-corrected chi connectivity index (χ4v) is 2.02. The third-order valence-corrected chi connectivity index (χ3v) is 2.94. The molecule has 1 aromatic rings. The van der Waals surface area contributed by atoms with Gasteiger partial charge in [0, 0.05) is 13.5 Å². The fourth-order valence-electron chi connectivity index (χ4n) is 1.69. The van der Waals surface area contributed by atoms with Gasteiger partial charge in [-0.3, -0.25) is 4.79 Å². The van der Waals surface area contributed by atoms with Crippen molar-refractivity contribution in [2.75, 3.05) is 7.11 Å².